The number of rotatable bonds is 36. The van der Waals surface area contributed by atoms with E-state index >= 15 is 0 Å². The topological polar surface area (TPSA) is 209 Å². The highest BCUT2D eigenvalue weighted by molar-refractivity contribution is 5.62. The molecular formula is C60H84N4O12. The van der Waals surface area contributed by atoms with E-state index in [1.807, 2.05) is 0 Å². The van der Waals surface area contributed by atoms with Gasteiger partial charge in [0.2, 0.25) is 0 Å². The van der Waals surface area contributed by atoms with Gasteiger partial charge >= 0.3 is 0 Å². The quantitative estimate of drug-likeness (QED) is 0.0208. The molecule has 76 heavy (non-hydrogen) atoms. The Hall–Kier alpha value is -6.32. The molecule has 0 aliphatic heterocycles. The number of ether oxygens (including phenoxy) is 4. The van der Waals surface area contributed by atoms with E-state index in [1.165, 1.54) is 48.5 Å². The molecule has 0 radical (unpaired) electrons. The number of nitrogens with zero attached hydrogens (tertiary/aromatic N) is 4. The first-order valence-electron chi connectivity index (χ1n) is 28.6. The van der Waals surface area contributed by atoms with Crippen LogP contribution in [0.5, 0.6) is 23.0 Å². The SMILES string of the molecule is CCCCCCCCOc1c2cc([N+](=O)[O-])cc1Cc1cc([N+](=O)[O-])cc(c1OCCCCCCCC)Cc1cc([N+](=O)[O-])cc(c1OCCCCCCCC)Cc1cc([N+](=O)[O-])cc(c1OCCCCCCCC)C2. The summed E-state index contributed by atoms with van der Waals surface area (Å²) in [4.78, 5) is 49.8. The van der Waals surface area contributed by atoms with Gasteiger partial charge in [0.1, 0.15) is 23.0 Å². The van der Waals surface area contributed by atoms with Crippen molar-refractivity contribution >= 4 is 22.7 Å². The van der Waals surface area contributed by atoms with Gasteiger partial charge in [-0.2, -0.15) is 0 Å². The summed E-state index contributed by atoms with van der Waals surface area (Å²) in [5.41, 5.74) is 2.13. The molecule has 0 amide bonds. The average Bonchev–Trinajstić information content (AvgIpc) is 3.40. The van der Waals surface area contributed by atoms with Crippen molar-refractivity contribution in [2.45, 2.75) is 207 Å². The molecule has 0 saturated heterocycles. The second-order valence-corrected chi connectivity index (χ2v) is 20.6. The van der Waals surface area contributed by atoms with E-state index < -0.39 is 19.7 Å². The van der Waals surface area contributed by atoms with Crippen LogP contribution < -0.4 is 18.9 Å². The van der Waals surface area contributed by atoms with Crippen molar-refractivity contribution in [2.24, 2.45) is 0 Å². The number of fused-ring (bicyclic) bond motifs is 8. The van der Waals surface area contributed by atoms with Gasteiger partial charge in [-0.1, -0.05) is 156 Å². The van der Waals surface area contributed by atoms with Crippen LogP contribution in [-0.2, 0) is 25.7 Å². The molecule has 0 saturated carbocycles. The van der Waals surface area contributed by atoms with Gasteiger partial charge in [-0.05, 0) is 25.7 Å². The lowest BCUT2D eigenvalue weighted by Crippen LogP contribution is -2.12. The summed E-state index contributed by atoms with van der Waals surface area (Å²) in [6, 6.07) is 11.5. The van der Waals surface area contributed by atoms with Gasteiger partial charge in [0, 0.05) is 119 Å². The van der Waals surface area contributed by atoms with Gasteiger partial charge in [0.05, 0.1) is 46.1 Å². The van der Waals surface area contributed by atoms with E-state index in [4.69, 9.17) is 18.9 Å². The molecule has 4 aromatic carbocycles. The minimum absolute atomic E-state index is 0.0792. The Bertz CT molecular complexity index is 2080. The van der Waals surface area contributed by atoms with Gasteiger partial charge in [-0.3, -0.25) is 40.5 Å². The van der Waals surface area contributed by atoms with Crippen molar-refractivity contribution in [3.8, 4) is 23.0 Å². The van der Waals surface area contributed by atoms with Crippen molar-refractivity contribution in [1.82, 2.24) is 0 Å². The van der Waals surface area contributed by atoms with Crippen LogP contribution in [0.4, 0.5) is 22.7 Å². The van der Waals surface area contributed by atoms with Crippen LogP contribution in [0, 0.1) is 40.5 Å². The molecule has 416 valence electrons. The fourth-order valence-corrected chi connectivity index (χ4v) is 10.2. The Morgan fingerprint density at radius 3 is 0.605 bits per heavy atom. The predicted octanol–water partition coefficient (Wildman–Crippen LogP) is 17.0. The highest BCUT2D eigenvalue weighted by atomic mass is 16.6. The highest BCUT2D eigenvalue weighted by Crippen LogP contribution is 2.44. The third-order valence-corrected chi connectivity index (χ3v) is 14.3. The molecule has 0 unspecified atom stereocenters. The van der Waals surface area contributed by atoms with Crippen molar-refractivity contribution in [2.75, 3.05) is 26.4 Å². The average molecular weight is 1050 g/mol. The van der Waals surface area contributed by atoms with Gasteiger partial charge in [0.25, 0.3) is 22.7 Å². The number of hydrogen-bond acceptors (Lipinski definition) is 12. The standard InChI is InChI=1S/C60H84N4O12/c1-5-9-13-17-21-25-29-73-57-45-33-47-39-54(62(67)68)41-49(58(47)74-30-26-22-18-14-10-6-2)35-51-43-56(64(71)72)44-52(60(51)76-32-28-24-20-16-12-8-4)36-50-42-55(63(69)70)40-48(34-46(57)38-53(37-45)61(65)66)59(50)75-31-27-23-19-15-11-7-3/h37-44H,5-36H2,1-4H3. The Kier molecular flexibility index (Phi) is 26.3. The Morgan fingerprint density at radius 1 is 0.289 bits per heavy atom. The summed E-state index contributed by atoms with van der Waals surface area (Å²) in [6.07, 6.45) is 23.4. The summed E-state index contributed by atoms with van der Waals surface area (Å²) in [5.74, 6) is 1.40. The first kappa shape index (κ1) is 60.5. The maximum Gasteiger partial charge on any atom is 0.270 e. The van der Waals surface area contributed by atoms with Crippen molar-refractivity contribution < 1.29 is 38.6 Å². The van der Waals surface area contributed by atoms with Crippen LogP contribution in [-0.4, -0.2) is 46.1 Å². The molecule has 4 aromatic rings. The van der Waals surface area contributed by atoms with Crippen molar-refractivity contribution in [3.05, 3.63) is 133 Å². The largest absolute Gasteiger partial charge is 0.493 e. The maximum atomic E-state index is 12.9. The Balaban J connectivity index is 1.82. The zero-order chi connectivity index (χ0) is 54.7. The zero-order valence-corrected chi connectivity index (χ0v) is 45.9. The van der Waals surface area contributed by atoms with E-state index in [2.05, 4.69) is 27.7 Å². The summed E-state index contributed by atoms with van der Waals surface area (Å²) in [7, 11) is 0. The molecule has 0 N–H and O–H groups in total. The molecule has 16 nitrogen and oxygen atoms in total. The summed E-state index contributed by atoms with van der Waals surface area (Å²) >= 11 is 0. The minimum atomic E-state index is -0.487. The van der Waals surface area contributed by atoms with Crippen LogP contribution in [0.2, 0.25) is 0 Å². The van der Waals surface area contributed by atoms with E-state index in [-0.39, 0.29) is 74.9 Å². The summed E-state index contributed by atoms with van der Waals surface area (Å²) < 4.78 is 26.9. The van der Waals surface area contributed by atoms with E-state index in [1.54, 1.807) is 0 Å². The van der Waals surface area contributed by atoms with Gasteiger partial charge in [-0.25, -0.2) is 0 Å². The molecule has 8 bridgehead atoms. The number of benzene rings is 4. The molecule has 0 aromatic heterocycles. The summed E-state index contributed by atoms with van der Waals surface area (Å²) in [5, 5.41) is 51.8. The molecule has 0 atom stereocenters. The van der Waals surface area contributed by atoms with Crippen LogP contribution in [0.1, 0.15) is 226 Å². The van der Waals surface area contributed by atoms with Gasteiger partial charge in [0.15, 0.2) is 0 Å². The molecule has 0 fully saturated rings. The second kappa shape index (κ2) is 33.0. The monoisotopic (exact) mass is 1050 g/mol. The molecule has 5 rings (SSSR count). The maximum absolute atomic E-state index is 12.9. The fraction of sp³-hybridized carbons (Fsp3) is 0.600. The Morgan fingerprint density at radius 2 is 0.447 bits per heavy atom. The van der Waals surface area contributed by atoms with Crippen LogP contribution >= 0.6 is 0 Å². The van der Waals surface area contributed by atoms with E-state index in [0.717, 1.165) is 128 Å². The molecule has 0 heterocycles. The molecular weight excluding hydrogens is 969 g/mol. The van der Waals surface area contributed by atoms with E-state index in [9.17, 15) is 40.5 Å². The third kappa shape index (κ3) is 19.1. The number of nitro groups is 4. The molecule has 1 aliphatic carbocycles. The Labute approximate surface area is 450 Å². The number of non-ortho nitro benzene ring substituents is 4. The fourth-order valence-electron chi connectivity index (χ4n) is 10.2. The van der Waals surface area contributed by atoms with Crippen molar-refractivity contribution in [3.63, 3.8) is 0 Å². The number of hydrogen-bond donors (Lipinski definition) is 0. The number of nitro benzene ring substituents is 4. The minimum Gasteiger partial charge on any atom is -0.493 e. The third-order valence-electron chi connectivity index (χ3n) is 14.3. The number of unbranched alkanes of at least 4 members (excludes halogenated alkanes) is 20. The first-order chi connectivity index (χ1) is 36.9. The van der Waals surface area contributed by atoms with Crippen LogP contribution in [0.3, 0.4) is 0 Å². The molecule has 0 spiro atoms. The molecule has 1 aliphatic rings. The molecule has 16 heteroatoms. The lowest BCUT2D eigenvalue weighted by Gasteiger charge is -2.23. The van der Waals surface area contributed by atoms with E-state index in [0.29, 0.717) is 93.2 Å². The van der Waals surface area contributed by atoms with Crippen LogP contribution in [0.25, 0.3) is 0 Å². The lowest BCUT2D eigenvalue weighted by molar-refractivity contribution is -0.385. The lowest BCUT2D eigenvalue weighted by atomic mass is 9.90. The van der Waals surface area contributed by atoms with Crippen molar-refractivity contribution in [1.29, 1.82) is 0 Å². The zero-order valence-electron chi connectivity index (χ0n) is 45.9. The summed E-state index contributed by atoms with van der Waals surface area (Å²) in [6.45, 7) is 9.75. The normalized spacial score (nSPS) is 12.1. The predicted molar refractivity (Wildman–Crippen MR) is 299 cm³/mol. The second-order valence-electron chi connectivity index (χ2n) is 20.6. The first-order valence-corrected chi connectivity index (χ1v) is 28.6. The van der Waals surface area contributed by atoms with Gasteiger partial charge in [-0.15, -0.1) is 0 Å². The van der Waals surface area contributed by atoms with Crippen LogP contribution in [0.15, 0.2) is 48.5 Å². The smallest absolute Gasteiger partial charge is 0.270 e. The highest BCUT2D eigenvalue weighted by Gasteiger charge is 2.29. The van der Waals surface area contributed by atoms with Gasteiger partial charge < -0.3 is 18.9 Å².